The second kappa shape index (κ2) is 6.33. The molecular weight excluding hydrogens is 218 g/mol. The molecule has 2 rings (SSSR count). The third kappa shape index (κ3) is 4.26. The summed E-state index contributed by atoms with van der Waals surface area (Å²) in [4.78, 5) is 13.9. The Morgan fingerprint density at radius 2 is 2.29 bits per heavy atom. The van der Waals surface area contributed by atoms with E-state index in [1.165, 1.54) is 0 Å². The zero-order chi connectivity index (χ0) is 12.1. The quantitative estimate of drug-likeness (QED) is 0.709. The third-order valence-electron chi connectivity index (χ3n) is 3.46. The number of nitrogens with zero attached hydrogens (tertiary/aromatic N) is 1. The number of hydrogen-bond donors (Lipinski definition) is 2. The van der Waals surface area contributed by atoms with Gasteiger partial charge >= 0.3 is 0 Å². The van der Waals surface area contributed by atoms with Crippen molar-refractivity contribution in [1.29, 1.82) is 0 Å². The molecule has 2 saturated heterocycles. The van der Waals surface area contributed by atoms with Crippen molar-refractivity contribution < 1.29 is 9.53 Å². The van der Waals surface area contributed by atoms with E-state index in [2.05, 4.69) is 10.2 Å². The molecule has 5 nitrogen and oxygen atoms in total. The average Bonchev–Trinajstić information content (AvgIpc) is 2.79. The highest BCUT2D eigenvalue weighted by Gasteiger charge is 2.20. The number of nitrogens with two attached hydrogens (primary N) is 1. The summed E-state index contributed by atoms with van der Waals surface area (Å²) in [6.45, 7) is 3.79. The zero-order valence-electron chi connectivity index (χ0n) is 10.4. The van der Waals surface area contributed by atoms with Gasteiger partial charge in [-0.25, -0.2) is 0 Å². The predicted octanol–water partition coefficient (Wildman–Crippen LogP) is -0.295. The first-order valence-electron chi connectivity index (χ1n) is 6.60. The largest absolute Gasteiger partial charge is 0.376 e. The van der Waals surface area contributed by atoms with Crippen molar-refractivity contribution >= 4 is 5.91 Å². The third-order valence-corrected chi connectivity index (χ3v) is 3.46. The molecule has 1 amide bonds. The summed E-state index contributed by atoms with van der Waals surface area (Å²) in [6, 6.07) is 0.231. The Morgan fingerprint density at radius 1 is 1.41 bits per heavy atom. The molecule has 2 aliphatic heterocycles. The molecule has 1 unspecified atom stereocenters. The van der Waals surface area contributed by atoms with Crippen LogP contribution in [0.4, 0.5) is 0 Å². The summed E-state index contributed by atoms with van der Waals surface area (Å²) in [7, 11) is 0. The van der Waals surface area contributed by atoms with Crippen molar-refractivity contribution in [3.05, 3.63) is 0 Å². The number of likely N-dealkylation sites (tertiary alicyclic amines) is 1. The molecule has 2 aliphatic rings. The maximum atomic E-state index is 11.7. The highest BCUT2D eigenvalue weighted by Crippen LogP contribution is 2.10. The zero-order valence-corrected chi connectivity index (χ0v) is 10.4. The highest BCUT2D eigenvalue weighted by molar-refractivity contribution is 5.78. The van der Waals surface area contributed by atoms with E-state index in [4.69, 9.17) is 10.5 Å². The Morgan fingerprint density at radius 3 is 3.00 bits per heavy atom. The Kier molecular flexibility index (Phi) is 4.76. The molecule has 0 aliphatic carbocycles. The lowest BCUT2D eigenvalue weighted by Gasteiger charge is -2.30. The molecule has 2 atom stereocenters. The fraction of sp³-hybridized carbons (Fsp3) is 0.917. The van der Waals surface area contributed by atoms with E-state index >= 15 is 0 Å². The molecule has 0 aromatic rings. The van der Waals surface area contributed by atoms with Gasteiger partial charge in [0, 0.05) is 25.7 Å². The van der Waals surface area contributed by atoms with Gasteiger partial charge in [0.05, 0.1) is 12.6 Å². The van der Waals surface area contributed by atoms with E-state index in [9.17, 15) is 4.79 Å². The number of carbonyl (C=O) groups is 1. The van der Waals surface area contributed by atoms with Crippen LogP contribution in [0.2, 0.25) is 0 Å². The van der Waals surface area contributed by atoms with Gasteiger partial charge in [0.15, 0.2) is 0 Å². The number of rotatable bonds is 4. The summed E-state index contributed by atoms with van der Waals surface area (Å²) in [5.41, 5.74) is 5.88. The molecule has 2 heterocycles. The van der Waals surface area contributed by atoms with E-state index in [1.807, 2.05) is 0 Å². The minimum absolute atomic E-state index is 0.0922. The van der Waals surface area contributed by atoms with Crippen LogP contribution in [0.25, 0.3) is 0 Å². The molecule has 0 radical (unpaired) electrons. The summed E-state index contributed by atoms with van der Waals surface area (Å²) >= 11 is 0. The first kappa shape index (κ1) is 12.8. The molecule has 0 aromatic carbocycles. The molecule has 0 aromatic heterocycles. The molecular formula is C12H23N3O2. The van der Waals surface area contributed by atoms with Crippen molar-refractivity contribution in [1.82, 2.24) is 10.2 Å². The number of piperidine rings is 1. The maximum Gasteiger partial charge on any atom is 0.234 e. The Bertz CT molecular complexity index is 254. The van der Waals surface area contributed by atoms with Gasteiger partial charge in [-0.2, -0.15) is 0 Å². The summed E-state index contributed by atoms with van der Waals surface area (Å²) in [6.07, 6.45) is 4.58. The van der Waals surface area contributed by atoms with E-state index in [0.717, 1.165) is 45.4 Å². The lowest BCUT2D eigenvalue weighted by Crippen LogP contribution is -2.47. The van der Waals surface area contributed by atoms with Crippen LogP contribution in [0, 0.1) is 0 Å². The van der Waals surface area contributed by atoms with Crippen molar-refractivity contribution in [3.8, 4) is 0 Å². The SMILES string of the molecule is N[C@@H]1CCCN(CC(=O)NCC2CCCO2)C1. The number of ether oxygens (including phenoxy) is 1. The van der Waals surface area contributed by atoms with Crippen molar-refractivity contribution in [2.45, 2.75) is 37.8 Å². The van der Waals surface area contributed by atoms with Gasteiger partial charge in [0.2, 0.25) is 5.91 Å². The second-order valence-electron chi connectivity index (χ2n) is 5.08. The van der Waals surface area contributed by atoms with Gasteiger partial charge in [0.1, 0.15) is 0 Å². The second-order valence-corrected chi connectivity index (χ2v) is 5.08. The lowest BCUT2D eigenvalue weighted by molar-refractivity contribution is -0.123. The van der Waals surface area contributed by atoms with Crippen LogP contribution in [-0.4, -0.2) is 55.7 Å². The van der Waals surface area contributed by atoms with Gasteiger partial charge in [-0.1, -0.05) is 0 Å². The highest BCUT2D eigenvalue weighted by atomic mass is 16.5. The van der Waals surface area contributed by atoms with Crippen LogP contribution in [0.5, 0.6) is 0 Å². The molecule has 3 N–H and O–H groups in total. The fourth-order valence-electron chi connectivity index (χ4n) is 2.53. The van der Waals surface area contributed by atoms with Crippen molar-refractivity contribution in [2.24, 2.45) is 5.73 Å². The Hall–Kier alpha value is -0.650. The molecule has 0 saturated carbocycles. The minimum atomic E-state index is 0.0922. The standard InChI is InChI=1S/C12H23N3O2/c13-10-3-1-5-15(8-10)9-12(16)14-7-11-4-2-6-17-11/h10-11H,1-9,13H2,(H,14,16)/t10-,11?/m1/s1. The first-order valence-corrected chi connectivity index (χ1v) is 6.60. The van der Waals surface area contributed by atoms with Crippen LogP contribution < -0.4 is 11.1 Å². The minimum Gasteiger partial charge on any atom is -0.376 e. The molecule has 98 valence electrons. The van der Waals surface area contributed by atoms with Gasteiger partial charge in [-0.15, -0.1) is 0 Å². The maximum absolute atomic E-state index is 11.7. The van der Waals surface area contributed by atoms with Crippen molar-refractivity contribution in [2.75, 3.05) is 32.8 Å². The van der Waals surface area contributed by atoms with Crippen molar-refractivity contribution in [3.63, 3.8) is 0 Å². The summed E-state index contributed by atoms with van der Waals surface area (Å²) in [5, 5.41) is 2.94. The van der Waals surface area contributed by atoms with E-state index in [-0.39, 0.29) is 18.1 Å². The van der Waals surface area contributed by atoms with E-state index < -0.39 is 0 Å². The number of amides is 1. The Labute approximate surface area is 103 Å². The number of carbonyl (C=O) groups excluding carboxylic acids is 1. The fourth-order valence-corrected chi connectivity index (χ4v) is 2.53. The average molecular weight is 241 g/mol. The molecule has 17 heavy (non-hydrogen) atoms. The van der Waals surface area contributed by atoms with Gasteiger partial charge < -0.3 is 15.8 Å². The van der Waals surface area contributed by atoms with Gasteiger partial charge in [-0.3, -0.25) is 9.69 Å². The molecule has 0 spiro atoms. The number of hydrogen-bond acceptors (Lipinski definition) is 4. The normalized spacial score (nSPS) is 30.4. The van der Waals surface area contributed by atoms with Crippen LogP contribution in [-0.2, 0) is 9.53 Å². The molecule has 2 fully saturated rings. The predicted molar refractivity (Wildman–Crippen MR) is 65.6 cm³/mol. The van der Waals surface area contributed by atoms with Crippen LogP contribution >= 0.6 is 0 Å². The topological polar surface area (TPSA) is 67.6 Å². The lowest BCUT2D eigenvalue weighted by atomic mass is 10.1. The first-order chi connectivity index (χ1) is 8.24. The summed E-state index contributed by atoms with van der Waals surface area (Å²) < 4.78 is 5.46. The van der Waals surface area contributed by atoms with Crippen LogP contribution in [0.15, 0.2) is 0 Å². The Balaban J connectivity index is 1.62. The van der Waals surface area contributed by atoms with Crippen LogP contribution in [0.3, 0.4) is 0 Å². The van der Waals surface area contributed by atoms with E-state index in [0.29, 0.717) is 13.1 Å². The smallest absolute Gasteiger partial charge is 0.234 e. The molecule has 5 heteroatoms. The molecule has 0 bridgehead atoms. The van der Waals surface area contributed by atoms with E-state index in [1.54, 1.807) is 0 Å². The monoisotopic (exact) mass is 241 g/mol. The van der Waals surface area contributed by atoms with Gasteiger partial charge in [-0.05, 0) is 32.2 Å². The van der Waals surface area contributed by atoms with Gasteiger partial charge in [0.25, 0.3) is 0 Å². The number of nitrogens with one attached hydrogen (secondary N) is 1. The van der Waals surface area contributed by atoms with Crippen LogP contribution in [0.1, 0.15) is 25.7 Å². The summed E-state index contributed by atoms with van der Waals surface area (Å²) in [5.74, 6) is 0.0922.